The predicted molar refractivity (Wildman–Crippen MR) is 157 cm³/mol. The third-order valence-electron chi connectivity index (χ3n) is 9.09. The van der Waals surface area contributed by atoms with Gasteiger partial charge in [-0.2, -0.15) is 15.2 Å². The standard InChI is InChI=1S/C32H43N6O2/c1-4-28-29(20-23-12-13-24-9-6-7-10-25(24)19-23)34-32(40-22-27-11-8-16-36(27)3)35-31(28)37-17-18-38(30(39)5-2)26(21-37)14-15-33/h5-6,9-10,23,26-27H,2,4,7-8,11-14,16-22H2,1,3H3/t23-,26?,27?/m0/s1. The van der Waals surface area contributed by atoms with Crippen LogP contribution in [0.25, 0.3) is 0 Å². The fourth-order valence-electron chi connectivity index (χ4n) is 6.79. The summed E-state index contributed by atoms with van der Waals surface area (Å²) in [6, 6.07) is 2.90. The van der Waals surface area contributed by atoms with Crippen LogP contribution in [0.1, 0.15) is 63.1 Å². The Morgan fingerprint density at radius 3 is 2.88 bits per heavy atom. The van der Waals surface area contributed by atoms with E-state index in [1.165, 1.54) is 24.0 Å². The molecule has 1 saturated carbocycles. The predicted octanol–water partition coefficient (Wildman–Crippen LogP) is 4.43. The van der Waals surface area contributed by atoms with Crippen LogP contribution < -0.4 is 9.64 Å². The monoisotopic (exact) mass is 543 g/mol. The van der Waals surface area contributed by atoms with Crippen molar-refractivity contribution in [1.29, 1.82) is 5.26 Å². The van der Waals surface area contributed by atoms with Crippen molar-refractivity contribution in [2.24, 2.45) is 5.92 Å². The van der Waals surface area contributed by atoms with Gasteiger partial charge in [-0.25, -0.2) is 0 Å². The van der Waals surface area contributed by atoms with E-state index in [-0.39, 0.29) is 18.4 Å². The van der Waals surface area contributed by atoms with E-state index in [2.05, 4.69) is 54.6 Å². The summed E-state index contributed by atoms with van der Waals surface area (Å²) in [7, 11) is 2.15. The van der Waals surface area contributed by atoms with E-state index < -0.39 is 0 Å². The minimum Gasteiger partial charge on any atom is -0.462 e. The molecule has 0 aromatic carbocycles. The largest absolute Gasteiger partial charge is 0.462 e. The van der Waals surface area contributed by atoms with Crippen molar-refractivity contribution in [3.63, 3.8) is 0 Å². The van der Waals surface area contributed by atoms with E-state index in [1.54, 1.807) is 4.90 Å². The number of carbonyl (C=O) groups excluding carboxylic acids is 1. The topological polar surface area (TPSA) is 85.6 Å². The number of carbonyl (C=O) groups is 1. The Balaban J connectivity index is 1.42. The Kier molecular flexibility index (Phi) is 9.21. The second-order valence-electron chi connectivity index (χ2n) is 11.6. The summed E-state index contributed by atoms with van der Waals surface area (Å²) in [5.41, 5.74) is 3.76. The van der Waals surface area contributed by atoms with Crippen LogP contribution in [0.5, 0.6) is 6.01 Å². The third-order valence-corrected chi connectivity index (χ3v) is 9.09. The van der Waals surface area contributed by atoms with Gasteiger partial charge in [0, 0.05) is 37.2 Å². The van der Waals surface area contributed by atoms with Crippen LogP contribution in [0.3, 0.4) is 0 Å². The summed E-state index contributed by atoms with van der Waals surface area (Å²) in [5.74, 6) is 2.82. The number of fused-ring (bicyclic) bond motifs is 1. The van der Waals surface area contributed by atoms with Crippen molar-refractivity contribution in [2.75, 3.05) is 44.7 Å². The second kappa shape index (κ2) is 13.0. The van der Waals surface area contributed by atoms with Crippen molar-refractivity contribution in [1.82, 2.24) is 19.8 Å². The Morgan fingerprint density at radius 2 is 2.12 bits per heavy atom. The van der Waals surface area contributed by atoms with Crippen LogP contribution in [0.15, 0.2) is 36.5 Å². The fourth-order valence-corrected chi connectivity index (χ4v) is 6.79. The number of hydrogen-bond acceptors (Lipinski definition) is 7. The van der Waals surface area contributed by atoms with Gasteiger partial charge in [0.05, 0.1) is 24.2 Å². The van der Waals surface area contributed by atoms with Crippen molar-refractivity contribution in [3.05, 3.63) is 53.6 Å². The lowest BCUT2D eigenvalue weighted by Crippen LogP contribution is -2.55. The number of nitrogens with zero attached hydrogens (tertiary/aromatic N) is 6. The molecule has 0 spiro atoms. The van der Waals surface area contributed by atoms with Crippen molar-refractivity contribution >= 4 is 11.7 Å². The van der Waals surface area contributed by atoms with Gasteiger partial charge in [-0.1, -0.05) is 37.3 Å². The summed E-state index contributed by atoms with van der Waals surface area (Å²) >= 11 is 0. The maximum absolute atomic E-state index is 12.5. The molecular formula is C32H43N6O2. The average molecular weight is 544 g/mol. The molecule has 3 fully saturated rings. The highest BCUT2D eigenvalue weighted by Crippen LogP contribution is 2.40. The summed E-state index contributed by atoms with van der Waals surface area (Å²) in [5, 5.41) is 9.50. The van der Waals surface area contributed by atoms with Crippen molar-refractivity contribution in [3.8, 4) is 12.1 Å². The zero-order chi connectivity index (χ0) is 28.1. The molecule has 40 heavy (non-hydrogen) atoms. The molecule has 2 aliphatic carbocycles. The van der Waals surface area contributed by atoms with Gasteiger partial charge in [-0.15, -0.1) is 0 Å². The molecule has 8 nitrogen and oxygen atoms in total. The van der Waals surface area contributed by atoms with Crippen LogP contribution in [0.2, 0.25) is 0 Å². The van der Waals surface area contributed by atoms with Gasteiger partial charge in [-0.3, -0.25) is 4.79 Å². The third kappa shape index (κ3) is 6.25. The molecule has 4 aliphatic rings. The number of ether oxygens (including phenoxy) is 1. The molecule has 8 heteroatoms. The average Bonchev–Trinajstić information content (AvgIpc) is 3.39. The zero-order valence-electron chi connectivity index (χ0n) is 24.1. The van der Waals surface area contributed by atoms with Crippen LogP contribution in [-0.2, 0) is 17.6 Å². The highest BCUT2D eigenvalue weighted by molar-refractivity contribution is 5.87. The first kappa shape index (κ1) is 28.4. The smallest absolute Gasteiger partial charge is 0.318 e. The first-order valence-electron chi connectivity index (χ1n) is 15.0. The van der Waals surface area contributed by atoms with Crippen LogP contribution in [-0.4, -0.2) is 77.6 Å². The lowest BCUT2D eigenvalue weighted by molar-refractivity contribution is -0.128. The number of allylic oxidation sites excluding steroid dienone is 4. The first-order valence-corrected chi connectivity index (χ1v) is 15.0. The van der Waals surface area contributed by atoms with Gasteiger partial charge in [0.2, 0.25) is 5.91 Å². The molecule has 1 aromatic heterocycles. The van der Waals surface area contributed by atoms with Crippen molar-refractivity contribution < 1.29 is 9.53 Å². The van der Waals surface area contributed by atoms with Gasteiger partial charge in [0.15, 0.2) is 0 Å². The highest BCUT2D eigenvalue weighted by Gasteiger charge is 2.33. The summed E-state index contributed by atoms with van der Waals surface area (Å²) in [6.07, 6.45) is 17.0. The van der Waals surface area contributed by atoms with Gasteiger partial charge >= 0.3 is 6.01 Å². The molecule has 213 valence electrons. The molecule has 2 unspecified atom stereocenters. The number of amides is 1. The number of likely N-dealkylation sites (tertiary alicyclic amines) is 1. The number of nitriles is 1. The van der Waals surface area contributed by atoms with Crippen LogP contribution in [0, 0.1) is 23.2 Å². The highest BCUT2D eigenvalue weighted by atomic mass is 16.5. The van der Waals surface area contributed by atoms with Gasteiger partial charge < -0.3 is 19.4 Å². The lowest BCUT2D eigenvalue weighted by atomic mass is 9.74. The summed E-state index contributed by atoms with van der Waals surface area (Å²) in [4.78, 5) is 28.9. The molecule has 3 atom stereocenters. The van der Waals surface area contributed by atoms with Gasteiger partial charge in [0.1, 0.15) is 12.4 Å². The number of rotatable bonds is 9. The van der Waals surface area contributed by atoms with E-state index in [4.69, 9.17) is 14.7 Å². The molecule has 2 aliphatic heterocycles. The molecule has 2 saturated heterocycles. The molecular weight excluding hydrogens is 500 g/mol. The number of likely N-dealkylation sites (N-methyl/N-ethyl adjacent to an activating group) is 1. The molecule has 0 bridgehead atoms. The Morgan fingerprint density at radius 1 is 1.25 bits per heavy atom. The Hall–Kier alpha value is -3.18. The van der Waals surface area contributed by atoms with E-state index in [0.717, 1.165) is 68.6 Å². The van der Waals surface area contributed by atoms with Gasteiger partial charge in [0.25, 0.3) is 0 Å². The molecule has 3 heterocycles. The van der Waals surface area contributed by atoms with E-state index >= 15 is 0 Å². The number of anilines is 1. The molecule has 1 radical (unpaired) electrons. The minimum absolute atomic E-state index is 0.121. The number of aromatic nitrogens is 2. The fraction of sp³-hybridized carbons (Fsp3) is 0.594. The van der Waals surface area contributed by atoms with Crippen LogP contribution in [0.4, 0.5) is 5.82 Å². The SMILES string of the molecule is C=CC(=O)N1CCN(c2nc(OCC3CCCN3C)nc(C[C@H]3CC[C]4C=CCC=C4C3)c2CC)CC1CC#N. The quantitative estimate of drug-likeness (QED) is 0.426. The molecule has 0 N–H and O–H groups in total. The Labute approximate surface area is 239 Å². The van der Waals surface area contributed by atoms with Gasteiger partial charge in [-0.05, 0) is 77.0 Å². The maximum Gasteiger partial charge on any atom is 0.318 e. The second-order valence-corrected chi connectivity index (χ2v) is 11.6. The lowest BCUT2D eigenvalue weighted by Gasteiger charge is -2.41. The summed E-state index contributed by atoms with van der Waals surface area (Å²) in [6.45, 7) is 9.25. The Bertz CT molecular complexity index is 1190. The van der Waals surface area contributed by atoms with Crippen molar-refractivity contribution in [2.45, 2.75) is 76.8 Å². The normalized spacial score (nSPS) is 25.3. The molecule has 1 amide bonds. The van der Waals surface area contributed by atoms with E-state index in [0.29, 0.717) is 44.2 Å². The van der Waals surface area contributed by atoms with E-state index in [9.17, 15) is 10.1 Å². The minimum atomic E-state index is -0.206. The zero-order valence-corrected chi connectivity index (χ0v) is 24.1. The maximum atomic E-state index is 12.5. The molecule has 5 rings (SSSR count). The summed E-state index contributed by atoms with van der Waals surface area (Å²) < 4.78 is 6.31. The van der Waals surface area contributed by atoms with Crippen LogP contribution >= 0.6 is 0 Å². The molecule has 1 aromatic rings. The number of hydrogen-bond donors (Lipinski definition) is 0. The number of piperazine rings is 1. The first-order chi connectivity index (χ1) is 19.5. The van der Waals surface area contributed by atoms with E-state index in [1.807, 2.05) is 0 Å².